The van der Waals surface area contributed by atoms with E-state index in [2.05, 4.69) is 17.3 Å². The van der Waals surface area contributed by atoms with Crippen LogP contribution in [0.3, 0.4) is 0 Å². The number of carbonyl (C=O) groups excluding carboxylic acids is 1. The quantitative estimate of drug-likeness (QED) is 0.866. The number of aromatic nitrogens is 2. The minimum Gasteiger partial charge on any atom is -0.480 e. The molecule has 3 rings (SSSR count). The van der Waals surface area contributed by atoms with E-state index in [0.717, 1.165) is 12.8 Å². The van der Waals surface area contributed by atoms with Gasteiger partial charge in [-0.05, 0) is 37.7 Å². The number of benzene rings is 1. The number of carboxylic acid groups (broad SMARTS) is 1. The fourth-order valence-corrected chi connectivity index (χ4v) is 3.62. The van der Waals surface area contributed by atoms with Crippen LogP contribution in [0.15, 0.2) is 29.1 Å². The van der Waals surface area contributed by atoms with Crippen LogP contribution in [0.25, 0.3) is 10.8 Å². The van der Waals surface area contributed by atoms with Gasteiger partial charge in [-0.15, -0.1) is 0 Å². The Labute approximate surface area is 151 Å². The van der Waals surface area contributed by atoms with Gasteiger partial charge in [0.05, 0.1) is 17.5 Å². The first-order valence-electron chi connectivity index (χ1n) is 8.82. The molecule has 1 aliphatic rings. The van der Waals surface area contributed by atoms with E-state index in [4.69, 9.17) is 0 Å². The molecule has 0 bridgehead atoms. The number of hydrogen-bond acceptors (Lipinski definition) is 4. The highest BCUT2D eigenvalue weighted by Gasteiger charge is 2.42. The van der Waals surface area contributed by atoms with Crippen molar-refractivity contribution in [1.29, 1.82) is 0 Å². The molecule has 0 atom stereocenters. The van der Waals surface area contributed by atoms with Crippen molar-refractivity contribution >= 4 is 22.6 Å². The lowest BCUT2D eigenvalue weighted by Crippen LogP contribution is -2.56. The summed E-state index contributed by atoms with van der Waals surface area (Å²) in [7, 11) is 1.54. The Morgan fingerprint density at radius 1 is 1.27 bits per heavy atom. The van der Waals surface area contributed by atoms with Gasteiger partial charge < -0.3 is 10.4 Å². The molecule has 0 unspecified atom stereocenters. The third-order valence-electron chi connectivity index (χ3n) is 5.28. The van der Waals surface area contributed by atoms with E-state index in [1.54, 1.807) is 24.3 Å². The van der Waals surface area contributed by atoms with Crippen molar-refractivity contribution in [1.82, 2.24) is 15.1 Å². The summed E-state index contributed by atoms with van der Waals surface area (Å²) >= 11 is 0. The lowest BCUT2D eigenvalue weighted by molar-refractivity contribution is -0.149. The van der Waals surface area contributed by atoms with Crippen LogP contribution in [0.5, 0.6) is 0 Å². The van der Waals surface area contributed by atoms with Gasteiger partial charge >= 0.3 is 5.97 Å². The largest absolute Gasteiger partial charge is 0.480 e. The summed E-state index contributed by atoms with van der Waals surface area (Å²) in [5, 5.41) is 17.7. The molecule has 1 saturated carbocycles. The molecule has 1 heterocycles. The number of aliphatic carboxylic acids is 1. The molecule has 0 aliphatic heterocycles. The second-order valence-corrected chi connectivity index (χ2v) is 7.22. The van der Waals surface area contributed by atoms with Crippen LogP contribution < -0.4 is 10.9 Å². The minimum absolute atomic E-state index is 0.0702. The van der Waals surface area contributed by atoms with E-state index < -0.39 is 17.4 Å². The van der Waals surface area contributed by atoms with Gasteiger partial charge in [0.25, 0.3) is 5.56 Å². The lowest BCUT2D eigenvalue weighted by atomic mass is 9.77. The summed E-state index contributed by atoms with van der Waals surface area (Å²) in [6, 6.07) is 6.99. The number of nitrogens with one attached hydrogen (secondary N) is 1. The Kier molecular flexibility index (Phi) is 4.80. The predicted octanol–water partition coefficient (Wildman–Crippen LogP) is 1.63. The second-order valence-electron chi connectivity index (χ2n) is 7.22. The highest BCUT2D eigenvalue weighted by atomic mass is 16.4. The number of carbonyl (C=O) groups is 2. The average molecular weight is 357 g/mol. The zero-order valence-electron chi connectivity index (χ0n) is 15.0. The van der Waals surface area contributed by atoms with Crippen LogP contribution in [0.2, 0.25) is 0 Å². The summed E-state index contributed by atoms with van der Waals surface area (Å²) in [6.07, 6.45) is 2.33. The highest BCUT2D eigenvalue weighted by molar-refractivity contribution is 5.91. The van der Waals surface area contributed by atoms with Crippen LogP contribution in [-0.4, -0.2) is 32.3 Å². The molecule has 7 heteroatoms. The maximum absolute atomic E-state index is 12.6. The fraction of sp³-hybridized carbons (Fsp3) is 0.474. The first-order chi connectivity index (χ1) is 12.3. The van der Waals surface area contributed by atoms with Gasteiger partial charge in [0.1, 0.15) is 5.54 Å². The van der Waals surface area contributed by atoms with Gasteiger partial charge in [-0.1, -0.05) is 25.1 Å². The normalized spacial score (nSPS) is 22.9. The Balaban J connectivity index is 1.86. The average Bonchev–Trinajstić information content (AvgIpc) is 2.61. The predicted molar refractivity (Wildman–Crippen MR) is 96.8 cm³/mol. The molecule has 138 valence electrons. The summed E-state index contributed by atoms with van der Waals surface area (Å²) in [4.78, 5) is 36.6. The maximum atomic E-state index is 12.6. The first-order valence-corrected chi connectivity index (χ1v) is 8.82. The molecule has 0 radical (unpaired) electrons. The van der Waals surface area contributed by atoms with Gasteiger partial charge in [0, 0.05) is 12.4 Å². The molecule has 1 aliphatic carbocycles. The van der Waals surface area contributed by atoms with Crippen LogP contribution >= 0.6 is 0 Å². The van der Waals surface area contributed by atoms with E-state index in [1.165, 1.54) is 11.7 Å². The number of rotatable bonds is 4. The number of fused-ring (bicyclic) bond motifs is 1. The van der Waals surface area contributed by atoms with Crippen LogP contribution in [-0.2, 0) is 23.1 Å². The lowest BCUT2D eigenvalue weighted by Gasteiger charge is -2.36. The van der Waals surface area contributed by atoms with E-state index in [9.17, 15) is 19.5 Å². The molecular formula is C19H23N3O4. The van der Waals surface area contributed by atoms with Crippen molar-refractivity contribution < 1.29 is 14.7 Å². The van der Waals surface area contributed by atoms with Gasteiger partial charge in [0.2, 0.25) is 5.91 Å². The molecule has 1 aromatic carbocycles. The van der Waals surface area contributed by atoms with Gasteiger partial charge in [-0.25, -0.2) is 9.48 Å². The Bertz CT molecular complexity index is 911. The molecule has 7 nitrogen and oxygen atoms in total. The number of nitrogens with zero attached hydrogens (tertiary/aromatic N) is 2. The minimum atomic E-state index is -1.21. The van der Waals surface area contributed by atoms with Crippen molar-refractivity contribution in [3.63, 3.8) is 0 Å². The number of carboxylic acids is 1. The zero-order valence-corrected chi connectivity index (χ0v) is 15.0. The molecule has 0 saturated heterocycles. The molecule has 1 fully saturated rings. The van der Waals surface area contributed by atoms with Crippen LogP contribution in [0, 0.1) is 5.92 Å². The van der Waals surface area contributed by atoms with Crippen molar-refractivity contribution in [3.8, 4) is 0 Å². The number of aryl methyl sites for hydroxylation is 1. The van der Waals surface area contributed by atoms with E-state index in [1.807, 2.05) is 0 Å². The van der Waals surface area contributed by atoms with Crippen molar-refractivity contribution in [2.45, 2.75) is 44.6 Å². The summed E-state index contributed by atoms with van der Waals surface area (Å²) in [6.45, 7) is 2.09. The summed E-state index contributed by atoms with van der Waals surface area (Å²) in [5.41, 5.74) is -0.974. The maximum Gasteiger partial charge on any atom is 0.329 e. The van der Waals surface area contributed by atoms with Crippen LogP contribution in [0.4, 0.5) is 0 Å². The molecule has 26 heavy (non-hydrogen) atoms. The Morgan fingerprint density at radius 2 is 1.88 bits per heavy atom. The molecule has 1 aromatic heterocycles. The van der Waals surface area contributed by atoms with Gasteiger partial charge in [0.15, 0.2) is 0 Å². The smallest absolute Gasteiger partial charge is 0.329 e. The standard InChI is InChI=1S/C19H23N3O4/c1-12-7-9-19(10-8-12,18(25)26)20-16(23)11-15-13-5-3-4-6-14(13)17(24)22(2)21-15/h3-6,12H,7-11H2,1-2H3,(H,20,23)(H,25,26). The number of amides is 1. The zero-order chi connectivity index (χ0) is 18.9. The topological polar surface area (TPSA) is 101 Å². The molecule has 2 aromatic rings. The van der Waals surface area contributed by atoms with E-state index >= 15 is 0 Å². The van der Waals surface area contributed by atoms with Gasteiger partial charge in [-0.2, -0.15) is 5.10 Å². The van der Waals surface area contributed by atoms with Crippen molar-refractivity contribution in [2.75, 3.05) is 0 Å². The van der Waals surface area contributed by atoms with E-state index in [0.29, 0.717) is 35.2 Å². The molecule has 1 amide bonds. The molecule has 0 spiro atoms. The summed E-state index contributed by atoms with van der Waals surface area (Å²) < 4.78 is 1.21. The number of hydrogen-bond donors (Lipinski definition) is 2. The third-order valence-corrected chi connectivity index (χ3v) is 5.28. The third kappa shape index (κ3) is 3.34. The summed E-state index contributed by atoms with van der Waals surface area (Å²) in [5.74, 6) is -0.914. The highest BCUT2D eigenvalue weighted by Crippen LogP contribution is 2.32. The molecular weight excluding hydrogens is 334 g/mol. The molecule has 2 N–H and O–H groups in total. The Morgan fingerprint density at radius 3 is 2.50 bits per heavy atom. The van der Waals surface area contributed by atoms with Gasteiger partial charge in [-0.3, -0.25) is 9.59 Å². The monoisotopic (exact) mass is 357 g/mol. The second kappa shape index (κ2) is 6.90. The van der Waals surface area contributed by atoms with Crippen molar-refractivity contribution in [3.05, 3.63) is 40.3 Å². The van der Waals surface area contributed by atoms with Crippen LogP contribution in [0.1, 0.15) is 38.3 Å². The Hall–Kier alpha value is -2.70. The van der Waals surface area contributed by atoms with E-state index in [-0.39, 0.29) is 12.0 Å². The SMILES string of the molecule is CC1CCC(NC(=O)Cc2nn(C)c(=O)c3ccccc23)(C(=O)O)CC1. The van der Waals surface area contributed by atoms with Crippen molar-refractivity contribution in [2.24, 2.45) is 13.0 Å². The first kappa shape index (κ1) is 18.1. The fourth-order valence-electron chi connectivity index (χ4n) is 3.62.